The summed E-state index contributed by atoms with van der Waals surface area (Å²) in [7, 11) is 2.07. The van der Waals surface area contributed by atoms with Gasteiger partial charge >= 0.3 is 0 Å². The van der Waals surface area contributed by atoms with Crippen molar-refractivity contribution < 1.29 is 4.79 Å². The number of aromatic amines is 1. The fourth-order valence-electron chi connectivity index (χ4n) is 3.54. The Morgan fingerprint density at radius 1 is 1.28 bits per heavy atom. The predicted molar refractivity (Wildman–Crippen MR) is 114 cm³/mol. The molecule has 1 amide bonds. The van der Waals surface area contributed by atoms with E-state index in [-0.39, 0.29) is 19.4 Å². The van der Waals surface area contributed by atoms with Crippen molar-refractivity contribution in [2.75, 3.05) is 20.1 Å². The van der Waals surface area contributed by atoms with Crippen molar-refractivity contribution in [3.63, 3.8) is 0 Å². The quantitative estimate of drug-likeness (QED) is 0.541. The number of aromatic nitrogens is 5. The highest BCUT2D eigenvalue weighted by atomic mass is 32.1. The summed E-state index contributed by atoms with van der Waals surface area (Å²) in [5.41, 5.74) is 4.52. The van der Waals surface area contributed by atoms with Gasteiger partial charge in [-0.15, -0.1) is 11.3 Å². The van der Waals surface area contributed by atoms with Gasteiger partial charge in [0.25, 0.3) is 5.91 Å². The van der Waals surface area contributed by atoms with Crippen LogP contribution in [0, 0.1) is 0 Å². The number of H-pyrrole nitrogens is 1. The van der Waals surface area contributed by atoms with Gasteiger partial charge in [-0.05, 0) is 37.0 Å². The van der Waals surface area contributed by atoms with E-state index in [9.17, 15) is 4.79 Å². The van der Waals surface area contributed by atoms with E-state index in [1.165, 1.54) is 11.3 Å². The minimum atomic E-state index is -0.0109. The zero-order chi connectivity index (χ0) is 19.1. The molecule has 4 aromatic heterocycles. The molecule has 9 heteroatoms. The highest BCUT2D eigenvalue weighted by molar-refractivity contribution is 7.12. The zero-order valence-electron chi connectivity index (χ0n) is 15.3. The van der Waals surface area contributed by atoms with Gasteiger partial charge in [0.2, 0.25) is 0 Å². The highest BCUT2D eigenvalue weighted by Gasteiger charge is 2.22. The van der Waals surface area contributed by atoms with Crippen LogP contribution < -0.4 is 5.32 Å². The second-order valence-electron chi connectivity index (χ2n) is 7.08. The standard InChI is InChI=1S/C19H19N7OS.CH4/c1-25-3-2-15(10-25)24-19(27)17-4-12(11-28-17)16-8-23-26-9-14(5-20-18(16)26)13-6-21-22-7-13;/h4-9,11,15H,2-3,10H2,1H3,(H,21,22)(H,24,27);1H4/t15-;/m1./s1. The van der Waals surface area contributed by atoms with Crippen LogP contribution in [0.1, 0.15) is 23.5 Å². The summed E-state index contributed by atoms with van der Waals surface area (Å²) in [6.45, 7) is 1.93. The maximum atomic E-state index is 12.6. The lowest BCUT2D eigenvalue weighted by molar-refractivity contribution is 0.0942. The summed E-state index contributed by atoms with van der Waals surface area (Å²) in [6.07, 6.45) is 10.1. The van der Waals surface area contributed by atoms with Crippen LogP contribution in [0.4, 0.5) is 0 Å². The molecule has 150 valence electrons. The van der Waals surface area contributed by atoms with Crippen molar-refractivity contribution in [3.8, 4) is 22.3 Å². The second-order valence-corrected chi connectivity index (χ2v) is 7.99. The van der Waals surface area contributed by atoms with Gasteiger partial charge in [0, 0.05) is 47.9 Å². The van der Waals surface area contributed by atoms with E-state index in [0.717, 1.165) is 47.4 Å². The van der Waals surface area contributed by atoms with Crippen LogP contribution in [-0.2, 0) is 0 Å². The number of carbonyl (C=O) groups is 1. The average molecular weight is 410 g/mol. The van der Waals surface area contributed by atoms with Gasteiger partial charge in [-0.25, -0.2) is 9.50 Å². The van der Waals surface area contributed by atoms with Gasteiger partial charge in [0.15, 0.2) is 5.65 Å². The van der Waals surface area contributed by atoms with Gasteiger partial charge in [-0.3, -0.25) is 9.89 Å². The molecule has 1 aliphatic rings. The summed E-state index contributed by atoms with van der Waals surface area (Å²) < 4.78 is 1.75. The number of nitrogens with zero attached hydrogens (tertiary/aromatic N) is 5. The van der Waals surface area contributed by atoms with Gasteiger partial charge in [-0.1, -0.05) is 7.43 Å². The number of hydrogen-bond acceptors (Lipinski definition) is 6. The van der Waals surface area contributed by atoms with Crippen molar-refractivity contribution in [3.05, 3.63) is 47.3 Å². The number of rotatable bonds is 4. The van der Waals surface area contributed by atoms with E-state index in [0.29, 0.717) is 4.88 Å². The molecule has 0 saturated carbocycles. The third-order valence-electron chi connectivity index (χ3n) is 5.05. The van der Waals surface area contributed by atoms with E-state index in [1.54, 1.807) is 16.9 Å². The van der Waals surface area contributed by atoms with Crippen LogP contribution >= 0.6 is 11.3 Å². The fraction of sp³-hybridized carbons (Fsp3) is 0.300. The molecule has 2 N–H and O–H groups in total. The van der Waals surface area contributed by atoms with Crippen molar-refractivity contribution in [2.45, 2.75) is 19.9 Å². The molecule has 29 heavy (non-hydrogen) atoms. The molecule has 0 radical (unpaired) electrons. The molecule has 8 nitrogen and oxygen atoms in total. The Balaban J connectivity index is 0.00000205. The maximum Gasteiger partial charge on any atom is 0.261 e. The number of fused-ring (bicyclic) bond motifs is 1. The largest absolute Gasteiger partial charge is 0.347 e. The molecule has 1 saturated heterocycles. The molecule has 5 rings (SSSR count). The van der Waals surface area contributed by atoms with Crippen LogP contribution in [0.2, 0.25) is 0 Å². The Labute approximate surface area is 172 Å². The number of amides is 1. The molecule has 0 unspecified atom stereocenters. The topological polar surface area (TPSA) is 91.2 Å². The van der Waals surface area contributed by atoms with E-state index >= 15 is 0 Å². The van der Waals surface area contributed by atoms with Crippen LogP contribution in [0.25, 0.3) is 27.9 Å². The summed E-state index contributed by atoms with van der Waals surface area (Å²) in [6, 6.07) is 2.14. The molecular formula is C20H23N7OS. The Kier molecular flexibility index (Phi) is 5.16. The van der Waals surface area contributed by atoms with Crippen LogP contribution in [0.3, 0.4) is 0 Å². The number of hydrogen-bond donors (Lipinski definition) is 2. The first kappa shape index (κ1) is 19.3. The Hall–Kier alpha value is -3.04. The number of thiophene rings is 1. The Bertz CT molecular complexity index is 1130. The first-order valence-electron chi connectivity index (χ1n) is 9.08. The van der Waals surface area contributed by atoms with Crippen molar-refractivity contribution in [1.29, 1.82) is 0 Å². The van der Waals surface area contributed by atoms with Crippen molar-refractivity contribution >= 4 is 22.9 Å². The van der Waals surface area contributed by atoms with E-state index in [1.807, 2.05) is 30.0 Å². The highest BCUT2D eigenvalue weighted by Crippen LogP contribution is 2.29. The van der Waals surface area contributed by atoms with Crippen LogP contribution in [-0.4, -0.2) is 61.8 Å². The van der Waals surface area contributed by atoms with Gasteiger partial charge in [-0.2, -0.15) is 10.2 Å². The van der Waals surface area contributed by atoms with E-state index in [4.69, 9.17) is 0 Å². The van der Waals surface area contributed by atoms with Gasteiger partial charge in [0.1, 0.15) is 0 Å². The fourth-order valence-corrected chi connectivity index (χ4v) is 4.35. The maximum absolute atomic E-state index is 12.6. The number of likely N-dealkylation sites (N-methyl/N-ethyl adjacent to an activating group) is 1. The molecule has 4 aromatic rings. The van der Waals surface area contributed by atoms with E-state index < -0.39 is 0 Å². The second kappa shape index (κ2) is 7.76. The zero-order valence-corrected chi connectivity index (χ0v) is 16.1. The number of likely N-dealkylation sites (tertiary alicyclic amines) is 1. The summed E-state index contributed by atoms with van der Waals surface area (Å²) in [4.78, 5) is 20.1. The summed E-state index contributed by atoms with van der Waals surface area (Å²) in [5.74, 6) is -0.0109. The van der Waals surface area contributed by atoms with Gasteiger partial charge in [0.05, 0.1) is 17.3 Å². The molecule has 0 aromatic carbocycles. The summed E-state index contributed by atoms with van der Waals surface area (Å²) >= 11 is 1.45. The SMILES string of the molecule is C.CN1CC[C@@H](NC(=O)c2cc(-c3cnn4cc(-c5cn[nH]c5)cnc34)cs2)C1. The third-order valence-corrected chi connectivity index (χ3v) is 5.98. The van der Waals surface area contributed by atoms with Crippen LogP contribution in [0.5, 0.6) is 0 Å². The molecule has 0 bridgehead atoms. The molecule has 1 fully saturated rings. The normalized spacial score (nSPS) is 16.8. The molecular weight excluding hydrogens is 386 g/mol. The van der Waals surface area contributed by atoms with Gasteiger partial charge < -0.3 is 10.2 Å². The smallest absolute Gasteiger partial charge is 0.261 e. The molecule has 0 aliphatic carbocycles. The Morgan fingerprint density at radius 3 is 2.93 bits per heavy atom. The Morgan fingerprint density at radius 2 is 2.17 bits per heavy atom. The lowest BCUT2D eigenvalue weighted by Crippen LogP contribution is -2.36. The van der Waals surface area contributed by atoms with Crippen molar-refractivity contribution in [1.82, 2.24) is 35.0 Å². The third kappa shape index (κ3) is 3.66. The molecule has 1 aliphatic heterocycles. The lowest BCUT2D eigenvalue weighted by Gasteiger charge is -2.11. The van der Waals surface area contributed by atoms with E-state index in [2.05, 4.69) is 37.5 Å². The number of nitrogens with one attached hydrogen (secondary N) is 2. The van der Waals surface area contributed by atoms with Crippen molar-refractivity contribution in [2.24, 2.45) is 0 Å². The minimum absolute atomic E-state index is 0. The average Bonchev–Trinajstić information content (AvgIpc) is 3.47. The minimum Gasteiger partial charge on any atom is -0.347 e. The first-order valence-corrected chi connectivity index (χ1v) is 9.96. The molecule has 0 spiro atoms. The summed E-state index contributed by atoms with van der Waals surface area (Å²) in [5, 5.41) is 16.3. The van der Waals surface area contributed by atoms with Crippen LogP contribution in [0.15, 0.2) is 42.4 Å². The first-order chi connectivity index (χ1) is 13.7. The number of carbonyl (C=O) groups excluding carboxylic acids is 1. The monoisotopic (exact) mass is 409 g/mol. The predicted octanol–water partition coefficient (Wildman–Crippen LogP) is 2.92. The lowest BCUT2D eigenvalue weighted by atomic mass is 10.1. The molecule has 5 heterocycles. The molecule has 1 atom stereocenters.